The first-order valence-electron chi connectivity index (χ1n) is 7.27. The number of ether oxygens (including phenoxy) is 1. The molecule has 0 spiro atoms. The van der Waals surface area contributed by atoms with Gasteiger partial charge in [-0.1, -0.05) is 30.3 Å². The fraction of sp³-hybridized carbons (Fsp3) is 0.375. The first kappa shape index (κ1) is 16.2. The number of rotatable bonds is 9. The molecule has 1 aromatic heterocycles. The zero-order valence-electron chi connectivity index (χ0n) is 12.4. The topological polar surface area (TPSA) is 90.4 Å². The minimum atomic E-state index is -0.545. The average molecular weight is 303 g/mol. The van der Waals surface area contributed by atoms with Gasteiger partial charge in [0, 0.05) is 19.3 Å². The van der Waals surface area contributed by atoms with Gasteiger partial charge in [0.05, 0.1) is 19.0 Å². The molecule has 3 N–H and O–H groups in total. The summed E-state index contributed by atoms with van der Waals surface area (Å²) in [6.45, 7) is 1.20. The number of imidazole rings is 1. The third-order valence-corrected chi connectivity index (χ3v) is 3.31. The number of carbonyl (C=O) groups excluding carboxylic acids is 1. The van der Waals surface area contributed by atoms with Crippen LogP contribution in [0.5, 0.6) is 0 Å². The van der Waals surface area contributed by atoms with Crippen LogP contribution in [0, 0.1) is 0 Å². The molecule has 0 fully saturated rings. The lowest BCUT2D eigenvalue weighted by molar-refractivity contribution is 0.0197. The standard InChI is InChI=1S/C16H21N3O3/c17-16(21)15-10-19(12-18-15)9-14(7-4-8-20)22-11-13-5-2-1-3-6-13/h1-3,5-6,10,12,14,20H,4,7-9,11H2,(H2,17,21)/t14-/m0/s1. The van der Waals surface area contributed by atoms with Gasteiger partial charge < -0.3 is 20.1 Å². The highest BCUT2D eigenvalue weighted by Crippen LogP contribution is 2.10. The predicted octanol–water partition coefficient (Wildman–Crippen LogP) is 1.34. The Morgan fingerprint density at radius 1 is 1.36 bits per heavy atom. The Hall–Kier alpha value is -2.18. The predicted molar refractivity (Wildman–Crippen MR) is 82.1 cm³/mol. The van der Waals surface area contributed by atoms with Crippen molar-refractivity contribution in [2.45, 2.75) is 32.1 Å². The van der Waals surface area contributed by atoms with Gasteiger partial charge in [-0.05, 0) is 18.4 Å². The number of aromatic nitrogens is 2. The highest BCUT2D eigenvalue weighted by Gasteiger charge is 2.12. The van der Waals surface area contributed by atoms with Crippen LogP contribution >= 0.6 is 0 Å². The maximum Gasteiger partial charge on any atom is 0.268 e. The van der Waals surface area contributed by atoms with Crippen molar-refractivity contribution in [2.24, 2.45) is 5.73 Å². The Bertz CT molecular complexity index is 583. The van der Waals surface area contributed by atoms with Crippen LogP contribution in [-0.4, -0.2) is 33.3 Å². The van der Waals surface area contributed by atoms with Crippen molar-refractivity contribution in [1.29, 1.82) is 0 Å². The summed E-state index contributed by atoms with van der Waals surface area (Å²) < 4.78 is 7.71. The van der Waals surface area contributed by atoms with E-state index in [1.54, 1.807) is 17.1 Å². The third-order valence-electron chi connectivity index (χ3n) is 3.31. The number of amides is 1. The lowest BCUT2D eigenvalue weighted by Crippen LogP contribution is -2.20. The van der Waals surface area contributed by atoms with E-state index in [4.69, 9.17) is 15.6 Å². The summed E-state index contributed by atoms with van der Waals surface area (Å²) in [4.78, 5) is 15.0. The van der Waals surface area contributed by atoms with Gasteiger partial charge in [-0.3, -0.25) is 4.79 Å². The Labute approximate surface area is 129 Å². The Morgan fingerprint density at radius 3 is 2.77 bits per heavy atom. The van der Waals surface area contributed by atoms with E-state index in [1.165, 1.54) is 0 Å². The van der Waals surface area contributed by atoms with E-state index in [2.05, 4.69) is 4.98 Å². The number of nitrogens with two attached hydrogens (primary N) is 1. The van der Waals surface area contributed by atoms with Gasteiger partial charge in [0.25, 0.3) is 5.91 Å². The van der Waals surface area contributed by atoms with Gasteiger partial charge in [0.15, 0.2) is 0 Å². The molecular weight excluding hydrogens is 282 g/mol. The summed E-state index contributed by atoms with van der Waals surface area (Å²) in [5, 5.41) is 9.01. The van der Waals surface area contributed by atoms with Gasteiger partial charge in [0.1, 0.15) is 5.69 Å². The summed E-state index contributed by atoms with van der Waals surface area (Å²) in [5.74, 6) is -0.545. The highest BCUT2D eigenvalue weighted by atomic mass is 16.5. The summed E-state index contributed by atoms with van der Waals surface area (Å²) in [5.41, 5.74) is 6.53. The van der Waals surface area contributed by atoms with Gasteiger partial charge in [-0.2, -0.15) is 0 Å². The number of primary amides is 1. The molecule has 0 aliphatic heterocycles. The van der Waals surface area contributed by atoms with E-state index in [0.717, 1.165) is 12.0 Å². The molecule has 0 radical (unpaired) electrons. The third kappa shape index (κ3) is 4.98. The lowest BCUT2D eigenvalue weighted by atomic mass is 10.2. The smallest absolute Gasteiger partial charge is 0.268 e. The fourth-order valence-electron chi connectivity index (χ4n) is 2.16. The summed E-state index contributed by atoms with van der Waals surface area (Å²) in [6, 6.07) is 9.91. The maximum absolute atomic E-state index is 11.1. The number of aliphatic hydroxyl groups excluding tert-OH is 1. The molecule has 0 unspecified atom stereocenters. The van der Waals surface area contributed by atoms with Crippen LogP contribution < -0.4 is 5.73 Å². The molecule has 0 bridgehead atoms. The van der Waals surface area contributed by atoms with Crippen LogP contribution in [-0.2, 0) is 17.9 Å². The second-order valence-electron chi connectivity index (χ2n) is 5.10. The van der Waals surface area contributed by atoms with Crippen LogP contribution in [0.25, 0.3) is 0 Å². The maximum atomic E-state index is 11.1. The molecule has 0 saturated heterocycles. The van der Waals surface area contributed by atoms with E-state index >= 15 is 0 Å². The van der Waals surface area contributed by atoms with E-state index in [-0.39, 0.29) is 18.4 Å². The van der Waals surface area contributed by atoms with Crippen LogP contribution in [0.4, 0.5) is 0 Å². The Morgan fingerprint density at radius 2 is 2.14 bits per heavy atom. The van der Waals surface area contributed by atoms with Crippen LogP contribution in [0.1, 0.15) is 28.9 Å². The molecule has 1 heterocycles. The molecule has 2 aromatic rings. The molecule has 1 atom stereocenters. The Kier molecular flexibility index (Phi) is 6.12. The molecule has 6 nitrogen and oxygen atoms in total. The van der Waals surface area contributed by atoms with Crippen molar-refractivity contribution >= 4 is 5.91 Å². The quantitative estimate of drug-likeness (QED) is 0.731. The van der Waals surface area contributed by atoms with Crippen molar-refractivity contribution in [3.05, 3.63) is 54.1 Å². The highest BCUT2D eigenvalue weighted by molar-refractivity contribution is 5.90. The zero-order chi connectivity index (χ0) is 15.8. The number of hydrogen-bond donors (Lipinski definition) is 2. The minimum absolute atomic E-state index is 0.0673. The molecule has 6 heteroatoms. The van der Waals surface area contributed by atoms with Crippen molar-refractivity contribution in [3.63, 3.8) is 0 Å². The van der Waals surface area contributed by atoms with Crippen molar-refractivity contribution < 1.29 is 14.6 Å². The second kappa shape index (κ2) is 8.31. The van der Waals surface area contributed by atoms with E-state index in [0.29, 0.717) is 19.6 Å². The average Bonchev–Trinajstić information content (AvgIpc) is 3.00. The van der Waals surface area contributed by atoms with E-state index < -0.39 is 5.91 Å². The summed E-state index contributed by atoms with van der Waals surface area (Å²) in [7, 11) is 0. The lowest BCUT2D eigenvalue weighted by Gasteiger charge is -2.18. The van der Waals surface area contributed by atoms with Gasteiger partial charge in [-0.25, -0.2) is 4.98 Å². The van der Waals surface area contributed by atoms with Crippen molar-refractivity contribution in [3.8, 4) is 0 Å². The molecule has 22 heavy (non-hydrogen) atoms. The molecule has 1 aromatic carbocycles. The summed E-state index contributed by atoms with van der Waals surface area (Å²) in [6.07, 6.45) is 4.50. The van der Waals surface area contributed by atoms with Gasteiger partial charge >= 0.3 is 0 Å². The first-order chi connectivity index (χ1) is 10.7. The molecule has 118 valence electrons. The van der Waals surface area contributed by atoms with E-state index in [9.17, 15) is 4.79 Å². The van der Waals surface area contributed by atoms with Crippen molar-refractivity contribution in [2.75, 3.05) is 6.61 Å². The number of nitrogens with zero attached hydrogens (tertiary/aromatic N) is 2. The first-order valence-corrected chi connectivity index (χ1v) is 7.27. The molecule has 0 saturated carbocycles. The number of aliphatic hydroxyl groups is 1. The molecule has 2 rings (SSSR count). The van der Waals surface area contributed by atoms with Crippen molar-refractivity contribution in [1.82, 2.24) is 9.55 Å². The number of carbonyl (C=O) groups is 1. The molecule has 0 aliphatic rings. The van der Waals surface area contributed by atoms with Gasteiger partial charge in [-0.15, -0.1) is 0 Å². The molecule has 1 amide bonds. The van der Waals surface area contributed by atoms with Crippen LogP contribution in [0.15, 0.2) is 42.9 Å². The monoisotopic (exact) mass is 303 g/mol. The number of benzene rings is 1. The minimum Gasteiger partial charge on any atom is -0.396 e. The Balaban J connectivity index is 1.94. The fourth-order valence-corrected chi connectivity index (χ4v) is 2.16. The zero-order valence-corrected chi connectivity index (χ0v) is 12.4. The normalized spacial score (nSPS) is 12.2. The number of hydrogen-bond acceptors (Lipinski definition) is 4. The second-order valence-corrected chi connectivity index (χ2v) is 5.10. The molecular formula is C16H21N3O3. The summed E-state index contributed by atoms with van der Waals surface area (Å²) >= 11 is 0. The molecule has 0 aliphatic carbocycles. The van der Waals surface area contributed by atoms with E-state index in [1.807, 2.05) is 30.3 Å². The largest absolute Gasteiger partial charge is 0.396 e. The van der Waals surface area contributed by atoms with Crippen LogP contribution in [0.2, 0.25) is 0 Å². The van der Waals surface area contributed by atoms with Gasteiger partial charge in [0.2, 0.25) is 0 Å². The SMILES string of the molecule is NC(=O)c1cn(C[C@H](CCCO)OCc2ccccc2)cn1. The van der Waals surface area contributed by atoms with Crippen LogP contribution in [0.3, 0.4) is 0 Å².